The summed E-state index contributed by atoms with van der Waals surface area (Å²) in [7, 11) is 1.49. The van der Waals surface area contributed by atoms with E-state index in [0.29, 0.717) is 17.4 Å². The van der Waals surface area contributed by atoms with Crippen LogP contribution in [0.15, 0.2) is 12.2 Å². The Labute approximate surface area is 409 Å². The summed E-state index contributed by atoms with van der Waals surface area (Å²) >= 11 is 0. The topological polar surface area (TPSA) is 108 Å². The Morgan fingerprint density at radius 2 is 0.773 bits per heavy atom. The van der Waals surface area contributed by atoms with Gasteiger partial charge in [0.05, 0.1) is 27.7 Å². The van der Waals surface area contributed by atoms with E-state index in [-0.39, 0.29) is 25.6 Å². The number of phosphoric acid groups is 1. The zero-order chi connectivity index (χ0) is 48.5. The van der Waals surface area contributed by atoms with Crippen LogP contribution in [0.25, 0.3) is 0 Å². The fraction of sp³-hybridized carbons (Fsp3) is 0.929. The zero-order valence-corrected chi connectivity index (χ0v) is 45.4. The van der Waals surface area contributed by atoms with Crippen molar-refractivity contribution >= 4 is 19.8 Å². The highest BCUT2D eigenvalue weighted by Crippen LogP contribution is 2.43. The van der Waals surface area contributed by atoms with Gasteiger partial charge in [-0.05, 0) is 38.5 Å². The number of phosphoric ester groups is 1. The highest BCUT2D eigenvalue weighted by molar-refractivity contribution is 7.47. The Hall–Kier alpha value is -1.25. The van der Waals surface area contributed by atoms with Crippen molar-refractivity contribution < 1.29 is 42.1 Å². The van der Waals surface area contributed by atoms with Crippen LogP contribution in [-0.2, 0) is 32.7 Å². The minimum atomic E-state index is -4.37. The predicted molar refractivity (Wildman–Crippen MR) is 280 cm³/mol. The van der Waals surface area contributed by atoms with Crippen molar-refractivity contribution in [3.63, 3.8) is 0 Å². The lowest BCUT2D eigenvalue weighted by molar-refractivity contribution is -0.870. The van der Waals surface area contributed by atoms with Gasteiger partial charge in [-0.15, -0.1) is 0 Å². The molecule has 0 aromatic carbocycles. The van der Waals surface area contributed by atoms with Crippen molar-refractivity contribution in [3.05, 3.63) is 12.2 Å². The van der Waals surface area contributed by atoms with E-state index in [1.165, 1.54) is 218 Å². The van der Waals surface area contributed by atoms with E-state index in [2.05, 4.69) is 26.0 Å². The van der Waals surface area contributed by atoms with Crippen molar-refractivity contribution in [1.29, 1.82) is 0 Å². The van der Waals surface area contributed by atoms with E-state index < -0.39 is 26.5 Å². The maximum atomic E-state index is 12.7. The molecule has 0 aliphatic heterocycles. The van der Waals surface area contributed by atoms with Gasteiger partial charge < -0.3 is 18.9 Å². The summed E-state index contributed by atoms with van der Waals surface area (Å²) in [4.78, 5) is 35.4. The monoisotopic (exact) mass is 957 g/mol. The van der Waals surface area contributed by atoms with E-state index in [9.17, 15) is 19.0 Å². The minimum absolute atomic E-state index is 0.0359. The highest BCUT2D eigenvalue weighted by Gasteiger charge is 2.27. The van der Waals surface area contributed by atoms with Gasteiger partial charge in [-0.1, -0.05) is 244 Å². The Kier molecular flexibility index (Phi) is 47.8. The lowest BCUT2D eigenvalue weighted by Crippen LogP contribution is -2.37. The third-order valence-electron chi connectivity index (χ3n) is 12.8. The number of esters is 2. The molecule has 0 saturated carbocycles. The molecule has 9 nitrogen and oxygen atoms in total. The summed E-state index contributed by atoms with van der Waals surface area (Å²) < 4.78 is 34.4. The van der Waals surface area contributed by atoms with E-state index in [1.807, 2.05) is 21.1 Å². The van der Waals surface area contributed by atoms with Crippen LogP contribution < -0.4 is 0 Å². The molecule has 2 atom stereocenters. The Bertz CT molecular complexity index is 1130. The minimum Gasteiger partial charge on any atom is -0.462 e. The highest BCUT2D eigenvalue weighted by atomic mass is 31.2. The van der Waals surface area contributed by atoms with Crippen molar-refractivity contribution in [3.8, 4) is 0 Å². The Balaban J connectivity index is 3.89. The molecular formula is C56H111NO8P+. The standard InChI is InChI=1S/C56H110NO8P/c1-6-8-10-12-14-16-17-18-19-20-21-22-23-24-25-26-27-28-29-30-31-32-33-34-35-36-37-38-39-41-43-45-47-49-56(59)65-54(53-64-66(60,61)63-51-50-57(3,4)5)52-62-55(58)48-46-44-42-40-15-13-11-9-7-2/h20-21,54H,6-19,22-53H2,1-5H3/p+1/b21-20-. The third-order valence-corrected chi connectivity index (χ3v) is 13.8. The molecule has 0 aromatic heterocycles. The molecule has 66 heavy (non-hydrogen) atoms. The van der Waals surface area contributed by atoms with E-state index >= 15 is 0 Å². The second-order valence-electron chi connectivity index (χ2n) is 20.7. The molecule has 1 N–H and O–H groups in total. The number of allylic oxidation sites excluding steroid dienone is 2. The molecule has 392 valence electrons. The summed E-state index contributed by atoms with van der Waals surface area (Å²) in [5.74, 6) is -0.785. The van der Waals surface area contributed by atoms with Crippen molar-refractivity contribution in [2.75, 3.05) is 47.5 Å². The molecule has 0 rings (SSSR count). The van der Waals surface area contributed by atoms with Gasteiger partial charge in [0.15, 0.2) is 6.10 Å². The molecule has 0 bridgehead atoms. The molecule has 0 aliphatic rings. The largest absolute Gasteiger partial charge is 0.472 e. The van der Waals surface area contributed by atoms with Crippen LogP contribution in [0.5, 0.6) is 0 Å². The van der Waals surface area contributed by atoms with Crippen LogP contribution in [0.2, 0.25) is 0 Å². The van der Waals surface area contributed by atoms with Crippen LogP contribution in [0, 0.1) is 0 Å². The van der Waals surface area contributed by atoms with Gasteiger partial charge >= 0.3 is 19.8 Å². The summed E-state index contributed by atoms with van der Waals surface area (Å²) in [5.41, 5.74) is 0. The number of nitrogens with zero attached hydrogens (tertiary/aromatic N) is 1. The first-order valence-electron chi connectivity index (χ1n) is 28.4. The number of unbranched alkanes of at least 4 members (excludes halogenated alkanes) is 37. The normalized spacial score (nSPS) is 13.4. The molecular weight excluding hydrogens is 846 g/mol. The number of quaternary nitrogens is 1. The van der Waals surface area contributed by atoms with Gasteiger partial charge in [0, 0.05) is 12.8 Å². The van der Waals surface area contributed by atoms with Crippen molar-refractivity contribution in [1.82, 2.24) is 0 Å². The molecule has 0 heterocycles. The Morgan fingerprint density at radius 3 is 1.12 bits per heavy atom. The third kappa shape index (κ3) is 52.1. The van der Waals surface area contributed by atoms with Crippen LogP contribution in [0.4, 0.5) is 0 Å². The molecule has 2 unspecified atom stereocenters. The quantitative estimate of drug-likeness (QED) is 0.0211. The first-order valence-corrected chi connectivity index (χ1v) is 29.9. The molecule has 0 aliphatic carbocycles. The van der Waals surface area contributed by atoms with Crippen molar-refractivity contribution in [2.45, 2.75) is 290 Å². The maximum Gasteiger partial charge on any atom is 0.472 e. The molecule has 0 fully saturated rings. The van der Waals surface area contributed by atoms with Gasteiger partial charge in [0.2, 0.25) is 0 Å². The van der Waals surface area contributed by atoms with E-state index in [4.69, 9.17) is 18.5 Å². The molecule has 0 aromatic rings. The summed E-state index contributed by atoms with van der Waals surface area (Å²) in [6.45, 7) is 4.45. The first kappa shape index (κ1) is 64.8. The van der Waals surface area contributed by atoms with Crippen LogP contribution in [-0.4, -0.2) is 74.9 Å². The molecule has 0 saturated heterocycles. The SMILES string of the molecule is CCCCCCCCCC/C=C\CCCCCCCCCCCCCCCCCCCCCCCC(=O)OC(COC(=O)CCCCCCCCCCC)COP(=O)(O)OCC[N+](C)(C)C. The number of ether oxygens (including phenoxy) is 2. The summed E-state index contributed by atoms with van der Waals surface area (Å²) in [6, 6.07) is 0. The lowest BCUT2D eigenvalue weighted by Gasteiger charge is -2.24. The average molecular weight is 957 g/mol. The van der Waals surface area contributed by atoms with E-state index in [0.717, 1.165) is 38.5 Å². The van der Waals surface area contributed by atoms with Crippen LogP contribution in [0.1, 0.15) is 284 Å². The fourth-order valence-corrected chi connectivity index (χ4v) is 9.11. The number of carbonyl (C=O) groups excluding carboxylic acids is 2. The lowest BCUT2D eigenvalue weighted by atomic mass is 10.0. The van der Waals surface area contributed by atoms with Gasteiger partial charge in [-0.3, -0.25) is 18.6 Å². The van der Waals surface area contributed by atoms with Crippen LogP contribution >= 0.6 is 7.82 Å². The fourth-order valence-electron chi connectivity index (χ4n) is 8.37. The zero-order valence-electron chi connectivity index (χ0n) is 44.5. The smallest absolute Gasteiger partial charge is 0.462 e. The number of hydrogen-bond donors (Lipinski definition) is 1. The van der Waals surface area contributed by atoms with Gasteiger partial charge in [-0.2, -0.15) is 0 Å². The van der Waals surface area contributed by atoms with Gasteiger partial charge in [0.1, 0.15) is 19.8 Å². The van der Waals surface area contributed by atoms with Gasteiger partial charge in [0.25, 0.3) is 0 Å². The molecule has 0 amide bonds. The molecule has 10 heteroatoms. The second-order valence-corrected chi connectivity index (χ2v) is 22.1. The second kappa shape index (κ2) is 48.8. The van der Waals surface area contributed by atoms with Crippen molar-refractivity contribution in [2.24, 2.45) is 0 Å². The predicted octanol–water partition coefficient (Wildman–Crippen LogP) is 17.3. The molecule has 0 radical (unpaired) electrons. The molecule has 0 spiro atoms. The van der Waals surface area contributed by atoms with E-state index in [1.54, 1.807) is 0 Å². The maximum absolute atomic E-state index is 12.7. The number of hydrogen-bond acceptors (Lipinski definition) is 7. The Morgan fingerprint density at radius 1 is 0.455 bits per heavy atom. The summed E-state index contributed by atoms with van der Waals surface area (Å²) in [5, 5.41) is 0. The number of likely N-dealkylation sites (N-methyl/N-ethyl adjacent to an activating group) is 1. The first-order chi connectivity index (χ1) is 32.0. The average Bonchev–Trinajstić information content (AvgIpc) is 3.27. The number of rotatable bonds is 53. The summed E-state index contributed by atoms with van der Waals surface area (Å²) in [6.07, 6.45) is 56.0. The van der Waals surface area contributed by atoms with Crippen LogP contribution in [0.3, 0.4) is 0 Å². The number of carbonyl (C=O) groups is 2. The van der Waals surface area contributed by atoms with Gasteiger partial charge in [-0.25, -0.2) is 4.57 Å².